The lowest BCUT2D eigenvalue weighted by molar-refractivity contribution is -0.117. The van der Waals surface area contributed by atoms with E-state index in [0.717, 1.165) is 16.4 Å². The highest BCUT2D eigenvalue weighted by molar-refractivity contribution is 7.92. The molecule has 11 heteroatoms. The average molecular weight is 534 g/mol. The van der Waals surface area contributed by atoms with Crippen LogP contribution in [0, 0.1) is 0 Å². The van der Waals surface area contributed by atoms with Crippen molar-refractivity contribution in [3.8, 4) is 0 Å². The Morgan fingerprint density at radius 3 is 2.37 bits per heavy atom. The highest BCUT2D eigenvalue weighted by atomic mass is 35.5. The molecule has 1 aromatic heterocycles. The van der Waals surface area contributed by atoms with Crippen LogP contribution >= 0.6 is 23.2 Å². The van der Waals surface area contributed by atoms with Gasteiger partial charge in [0.15, 0.2) is 5.82 Å². The molecule has 1 saturated heterocycles. The summed E-state index contributed by atoms with van der Waals surface area (Å²) in [5.74, 6) is -0.508. The molecule has 0 N–H and O–H groups in total. The molecule has 0 saturated carbocycles. The van der Waals surface area contributed by atoms with Gasteiger partial charge in [0.2, 0.25) is 5.91 Å². The molecule has 0 radical (unpaired) electrons. The van der Waals surface area contributed by atoms with E-state index in [-0.39, 0.29) is 38.8 Å². The molecule has 1 amide bonds. The molecule has 1 aliphatic rings. The lowest BCUT2D eigenvalue weighted by Gasteiger charge is -2.25. The predicted octanol–water partition coefficient (Wildman–Crippen LogP) is 4.70. The molecule has 3 aromatic rings. The summed E-state index contributed by atoms with van der Waals surface area (Å²) < 4.78 is 33.1. The van der Waals surface area contributed by atoms with Gasteiger partial charge in [-0.05, 0) is 54.4 Å². The third kappa shape index (κ3) is 5.27. The van der Waals surface area contributed by atoms with Gasteiger partial charge in [0.1, 0.15) is 0 Å². The van der Waals surface area contributed by atoms with Crippen molar-refractivity contribution in [2.45, 2.75) is 24.3 Å². The summed E-state index contributed by atoms with van der Waals surface area (Å²) in [7, 11) is -2.90. The van der Waals surface area contributed by atoms with Gasteiger partial charge in [-0.2, -0.15) is 0 Å². The van der Waals surface area contributed by atoms with Crippen LogP contribution in [0.5, 0.6) is 0 Å². The Labute approximate surface area is 213 Å². The number of esters is 1. The topological polar surface area (TPSA) is 96.9 Å². The van der Waals surface area contributed by atoms with Crippen molar-refractivity contribution >= 4 is 56.6 Å². The number of ether oxygens (including phenoxy) is 1. The van der Waals surface area contributed by atoms with Crippen LogP contribution in [0.1, 0.15) is 28.8 Å². The summed E-state index contributed by atoms with van der Waals surface area (Å²) in [4.78, 5) is 29.6. The summed E-state index contributed by atoms with van der Waals surface area (Å²) in [6.45, 7) is 0.578. The minimum atomic E-state index is -4.14. The van der Waals surface area contributed by atoms with Crippen LogP contribution < -0.4 is 9.21 Å². The number of halogens is 2. The molecule has 4 rings (SSSR count). The molecule has 1 fully saturated rings. The number of nitrogens with zero attached hydrogens (tertiary/aromatic N) is 3. The van der Waals surface area contributed by atoms with Crippen molar-refractivity contribution in [1.29, 1.82) is 0 Å². The molecule has 2 aromatic carbocycles. The van der Waals surface area contributed by atoms with Crippen LogP contribution in [-0.4, -0.2) is 38.9 Å². The average Bonchev–Trinajstić information content (AvgIpc) is 3.28. The summed E-state index contributed by atoms with van der Waals surface area (Å²) in [5, 5.41) is 0.324. The van der Waals surface area contributed by atoms with E-state index >= 15 is 0 Å². The monoisotopic (exact) mass is 533 g/mol. The van der Waals surface area contributed by atoms with E-state index < -0.39 is 16.0 Å². The first-order chi connectivity index (χ1) is 16.7. The summed E-state index contributed by atoms with van der Waals surface area (Å²) >= 11 is 12.3. The number of hydrogen-bond donors (Lipinski definition) is 0. The van der Waals surface area contributed by atoms with E-state index in [9.17, 15) is 18.0 Å². The van der Waals surface area contributed by atoms with Crippen LogP contribution in [0.15, 0.2) is 65.7 Å². The fourth-order valence-electron chi connectivity index (χ4n) is 3.74. The molecule has 1 aliphatic heterocycles. The van der Waals surface area contributed by atoms with E-state index in [4.69, 9.17) is 23.2 Å². The molecule has 182 valence electrons. The van der Waals surface area contributed by atoms with Gasteiger partial charge < -0.3 is 9.64 Å². The van der Waals surface area contributed by atoms with Gasteiger partial charge in [-0.3, -0.25) is 4.79 Å². The van der Waals surface area contributed by atoms with Gasteiger partial charge in [-0.25, -0.2) is 22.5 Å². The molecule has 0 aliphatic carbocycles. The molecule has 0 unspecified atom stereocenters. The second-order valence-electron chi connectivity index (χ2n) is 7.80. The first kappa shape index (κ1) is 25.0. The van der Waals surface area contributed by atoms with E-state index in [2.05, 4.69) is 9.72 Å². The predicted molar refractivity (Wildman–Crippen MR) is 133 cm³/mol. The normalized spacial score (nSPS) is 13.7. The molecule has 0 bridgehead atoms. The zero-order chi connectivity index (χ0) is 25.2. The van der Waals surface area contributed by atoms with Crippen molar-refractivity contribution in [3.05, 3.63) is 82.0 Å². The highest BCUT2D eigenvalue weighted by Crippen LogP contribution is 2.32. The molecule has 35 heavy (non-hydrogen) atoms. The third-order valence-electron chi connectivity index (χ3n) is 5.54. The van der Waals surface area contributed by atoms with Crippen LogP contribution in [0.4, 0.5) is 11.5 Å². The van der Waals surface area contributed by atoms with Gasteiger partial charge in [-0.1, -0.05) is 35.3 Å². The van der Waals surface area contributed by atoms with Crippen LogP contribution in [0.2, 0.25) is 10.0 Å². The number of amides is 1. The van der Waals surface area contributed by atoms with Gasteiger partial charge in [0.05, 0.1) is 34.2 Å². The number of carbonyl (C=O) groups is 2. The second-order valence-corrected chi connectivity index (χ2v) is 10.5. The fourth-order valence-corrected chi connectivity index (χ4v) is 5.70. The van der Waals surface area contributed by atoms with Crippen molar-refractivity contribution in [3.63, 3.8) is 0 Å². The smallest absolute Gasteiger partial charge is 0.337 e. The van der Waals surface area contributed by atoms with E-state index in [1.807, 2.05) is 0 Å². The Kier molecular flexibility index (Phi) is 7.30. The lowest BCUT2D eigenvalue weighted by Crippen LogP contribution is -2.31. The van der Waals surface area contributed by atoms with Gasteiger partial charge in [0, 0.05) is 24.8 Å². The lowest BCUT2D eigenvalue weighted by atomic mass is 10.2. The van der Waals surface area contributed by atoms with Gasteiger partial charge >= 0.3 is 5.97 Å². The SMILES string of the molecule is COC(=O)c1ccc(S(=O)(=O)N(Cc2ccc(N3CCCC3=O)cc2)c2ncc(Cl)cc2Cl)cc1. The van der Waals surface area contributed by atoms with Crippen molar-refractivity contribution in [2.75, 3.05) is 22.9 Å². The number of hydrogen-bond acceptors (Lipinski definition) is 6. The van der Waals surface area contributed by atoms with Crippen LogP contribution in [0.3, 0.4) is 0 Å². The number of methoxy groups -OCH3 is 1. The Balaban J connectivity index is 1.70. The largest absolute Gasteiger partial charge is 0.465 e. The molecule has 0 spiro atoms. The summed E-state index contributed by atoms with van der Waals surface area (Å²) in [6, 6.07) is 13.9. The Morgan fingerprint density at radius 2 is 1.80 bits per heavy atom. The number of pyridine rings is 1. The van der Waals surface area contributed by atoms with E-state index in [0.29, 0.717) is 18.5 Å². The number of carbonyl (C=O) groups excluding carboxylic acids is 2. The molecule has 8 nitrogen and oxygen atoms in total. The quantitative estimate of drug-likeness (QED) is 0.408. The third-order valence-corrected chi connectivity index (χ3v) is 7.77. The molecular weight excluding hydrogens is 513 g/mol. The Bertz CT molecular complexity index is 1360. The van der Waals surface area contributed by atoms with E-state index in [1.54, 1.807) is 29.2 Å². The fraction of sp³-hybridized carbons (Fsp3) is 0.208. The van der Waals surface area contributed by atoms with E-state index in [1.165, 1.54) is 43.6 Å². The first-order valence-corrected chi connectivity index (χ1v) is 12.8. The maximum atomic E-state index is 13.7. The first-order valence-electron chi connectivity index (χ1n) is 10.6. The number of anilines is 2. The number of aromatic nitrogens is 1. The molecule has 0 atom stereocenters. The van der Waals surface area contributed by atoms with Crippen LogP contribution in [0.25, 0.3) is 0 Å². The standard InChI is InChI=1S/C24H21Cl2N3O5S/c1-34-24(31)17-6-10-20(11-7-17)35(32,33)29(23-21(26)13-18(25)14-27-23)15-16-4-8-19(9-5-16)28-12-2-3-22(28)30/h4-11,13-14H,2-3,12,15H2,1H3. The van der Waals surface area contributed by atoms with Gasteiger partial charge in [-0.15, -0.1) is 0 Å². The molecular formula is C24H21Cl2N3O5S. The Hall–Kier alpha value is -3.14. The van der Waals surface area contributed by atoms with Crippen molar-refractivity contribution in [2.24, 2.45) is 0 Å². The zero-order valence-electron chi connectivity index (χ0n) is 18.6. The van der Waals surface area contributed by atoms with Crippen molar-refractivity contribution in [1.82, 2.24) is 4.98 Å². The summed E-state index contributed by atoms with van der Waals surface area (Å²) in [5.41, 5.74) is 1.63. The second kappa shape index (κ2) is 10.2. The van der Waals surface area contributed by atoms with Crippen LogP contribution in [-0.2, 0) is 26.1 Å². The maximum absolute atomic E-state index is 13.7. The number of sulfonamides is 1. The minimum absolute atomic E-state index is 0.00640. The number of rotatable bonds is 7. The minimum Gasteiger partial charge on any atom is -0.465 e. The number of benzene rings is 2. The van der Waals surface area contributed by atoms with Gasteiger partial charge in [0.25, 0.3) is 10.0 Å². The van der Waals surface area contributed by atoms with Crippen molar-refractivity contribution < 1.29 is 22.7 Å². The zero-order valence-corrected chi connectivity index (χ0v) is 21.0. The summed E-state index contributed by atoms with van der Waals surface area (Å²) in [6.07, 6.45) is 2.64. The molecule has 2 heterocycles. The maximum Gasteiger partial charge on any atom is 0.337 e. The Morgan fingerprint density at radius 1 is 1.11 bits per heavy atom. The highest BCUT2D eigenvalue weighted by Gasteiger charge is 2.29.